The van der Waals surface area contributed by atoms with E-state index in [2.05, 4.69) is 6.58 Å². The third kappa shape index (κ3) is 5.28. The molecule has 0 aromatic heterocycles. The Hall–Kier alpha value is -0.720. The van der Waals surface area contributed by atoms with Crippen molar-refractivity contribution in [3.8, 4) is 0 Å². The van der Waals surface area contributed by atoms with Crippen LogP contribution in [0, 0.1) is 0 Å². The number of hydrogen-bond donors (Lipinski definition) is 0. The van der Waals surface area contributed by atoms with Crippen molar-refractivity contribution in [1.82, 2.24) is 0 Å². The zero-order chi connectivity index (χ0) is 6.24. The zero-order valence-corrected chi connectivity index (χ0v) is 5.26. The number of ether oxygens (including phenoxy) is 1. The Bertz CT molecular complexity index is 74.5. The summed E-state index contributed by atoms with van der Waals surface area (Å²) in [4.78, 5) is 0. The molecule has 0 fully saturated rings. The average Bonchev–Trinajstić information content (AvgIpc) is 1.81. The molecule has 0 rings (SSSR count). The van der Waals surface area contributed by atoms with Gasteiger partial charge in [-0.3, -0.25) is 0 Å². The van der Waals surface area contributed by atoms with Gasteiger partial charge in [0.2, 0.25) is 0 Å². The Labute approximate surface area is 50.7 Å². The number of rotatable bonds is 4. The number of hydrogen-bond acceptors (Lipinski definition) is 1. The van der Waals surface area contributed by atoms with Crippen molar-refractivity contribution >= 4 is 0 Å². The maximum atomic E-state index is 4.97. The molecule has 0 aromatic rings. The first-order chi connectivity index (χ1) is 3.91. The Morgan fingerprint density at radius 1 is 1.62 bits per heavy atom. The van der Waals surface area contributed by atoms with Crippen LogP contribution in [-0.2, 0) is 4.74 Å². The lowest BCUT2D eigenvalue weighted by Gasteiger charge is -1.92. The molecular weight excluding hydrogens is 100 g/mol. The van der Waals surface area contributed by atoms with E-state index in [1.165, 1.54) is 0 Å². The molecule has 0 radical (unpaired) electrons. The van der Waals surface area contributed by atoms with E-state index in [1.54, 1.807) is 6.26 Å². The van der Waals surface area contributed by atoms with Gasteiger partial charge in [-0.05, 0) is 13.3 Å². The van der Waals surface area contributed by atoms with Gasteiger partial charge >= 0.3 is 0 Å². The molecule has 8 heavy (non-hydrogen) atoms. The van der Waals surface area contributed by atoms with Crippen LogP contribution in [0.1, 0.15) is 13.3 Å². The fourth-order valence-corrected chi connectivity index (χ4v) is 0.316. The summed E-state index contributed by atoms with van der Waals surface area (Å²) in [5.41, 5.74) is 0. The van der Waals surface area contributed by atoms with Crippen molar-refractivity contribution in [3.63, 3.8) is 0 Å². The summed E-state index contributed by atoms with van der Waals surface area (Å²) in [5.74, 6) is 0. The summed E-state index contributed by atoms with van der Waals surface area (Å²) in [7, 11) is 0. The molecule has 0 N–H and O–H groups in total. The minimum Gasteiger partial charge on any atom is -0.501 e. The van der Waals surface area contributed by atoms with Gasteiger partial charge in [0.15, 0.2) is 0 Å². The van der Waals surface area contributed by atoms with Crippen molar-refractivity contribution in [1.29, 1.82) is 0 Å². The van der Waals surface area contributed by atoms with Gasteiger partial charge in [0.05, 0.1) is 12.9 Å². The second-order valence-corrected chi connectivity index (χ2v) is 1.42. The van der Waals surface area contributed by atoms with Gasteiger partial charge in [0.25, 0.3) is 0 Å². The second-order valence-electron chi connectivity index (χ2n) is 1.42. The first kappa shape index (κ1) is 7.28. The highest BCUT2D eigenvalue weighted by molar-refractivity contribution is 4.68. The topological polar surface area (TPSA) is 9.23 Å². The highest BCUT2D eigenvalue weighted by Crippen LogP contribution is 1.82. The molecule has 0 saturated carbocycles. The van der Waals surface area contributed by atoms with Gasteiger partial charge in [-0.2, -0.15) is 0 Å². The van der Waals surface area contributed by atoms with Gasteiger partial charge in [0.1, 0.15) is 0 Å². The minimum absolute atomic E-state index is 0.744. The number of allylic oxidation sites excluding steroid dienone is 1. The molecule has 1 nitrogen and oxygen atoms in total. The van der Waals surface area contributed by atoms with Crippen LogP contribution in [0.2, 0.25) is 0 Å². The van der Waals surface area contributed by atoms with Crippen LogP contribution in [-0.4, -0.2) is 6.61 Å². The van der Waals surface area contributed by atoms with E-state index in [4.69, 9.17) is 4.74 Å². The van der Waals surface area contributed by atoms with E-state index < -0.39 is 0 Å². The Balaban J connectivity index is 2.82. The third-order valence-corrected chi connectivity index (χ3v) is 0.672. The molecule has 0 amide bonds. The van der Waals surface area contributed by atoms with E-state index in [9.17, 15) is 0 Å². The summed E-state index contributed by atoms with van der Waals surface area (Å²) < 4.78 is 4.97. The van der Waals surface area contributed by atoms with Crippen molar-refractivity contribution < 1.29 is 4.74 Å². The smallest absolute Gasteiger partial charge is 0.0907 e. The maximum absolute atomic E-state index is 4.97. The fraction of sp³-hybridized carbons (Fsp3) is 0.429. The van der Waals surface area contributed by atoms with E-state index in [-0.39, 0.29) is 0 Å². The quantitative estimate of drug-likeness (QED) is 0.307. The fourth-order valence-electron chi connectivity index (χ4n) is 0.316. The minimum atomic E-state index is 0.744. The first-order valence-corrected chi connectivity index (χ1v) is 2.75. The van der Waals surface area contributed by atoms with Crippen molar-refractivity contribution in [2.75, 3.05) is 6.61 Å². The van der Waals surface area contributed by atoms with Crippen LogP contribution in [0.3, 0.4) is 0 Å². The van der Waals surface area contributed by atoms with Crippen LogP contribution < -0.4 is 0 Å². The molecule has 0 unspecified atom stereocenters. The Kier molecular flexibility index (Phi) is 5.71. The lowest BCUT2D eigenvalue weighted by Crippen LogP contribution is -1.81. The lowest BCUT2D eigenvalue weighted by molar-refractivity contribution is 0.256. The van der Waals surface area contributed by atoms with Crippen molar-refractivity contribution in [2.24, 2.45) is 0 Å². The predicted molar refractivity (Wildman–Crippen MR) is 35.6 cm³/mol. The largest absolute Gasteiger partial charge is 0.501 e. The summed E-state index contributed by atoms with van der Waals surface area (Å²) in [5, 5.41) is 0. The SMILES string of the molecule is C=CCCO/C=C/C. The molecule has 0 spiro atoms. The van der Waals surface area contributed by atoms with E-state index in [1.807, 2.05) is 19.1 Å². The summed E-state index contributed by atoms with van der Waals surface area (Å²) in [6.45, 7) is 6.22. The molecule has 0 aliphatic carbocycles. The van der Waals surface area contributed by atoms with Crippen LogP contribution in [0.15, 0.2) is 25.0 Å². The third-order valence-electron chi connectivity index (χ3n) is 0.672. The van der Waals surface area contributed by atoms with Gasteiger partial charge in [-0.15, -0.1) is 6.58 Å². The van der Waals surface area contributed by atoms with Crippen molar-refractivity contribution in [2.45, 2.75) is 13.3 Å². The molecule has 46 valence electrons. The normalized spacial score (nSPS) is 9.62. The lowest BCUT2D eigenvalue weighted by atomic mass is 10.5. The molecule has 0 atom stereocenters. The van der Waals surface area contributed by atoms with Gasteiger partial charge < -0.3 is 4.74 Å². The molecule has 0 aromatic carbocycles. The Morgan fingerprint density at radius 3 is 2.88 bits per heavy atom. The van der Waals surface area contributed by atoms with Crippen LogP contribution in [0.4, 0.5) is 0 Å². The average molecular weight is 112 g/mol. The summed E-state index contributed by atoms with van der Waals surface area (Å²) in [6, 6.07) is 0. The second kappa shape index (κ2) is 6.28. The predicted octanol–water partition coefficient (Wildman–Crippen LogP) is 2.11. The van der Waals surface area contributed by atoms with E-state index in [0.29, 0.717) is 0 Å². The Morgan fingerprint density at radius 2 is 2.38 bits per heavy atom. The monoisotopic (exact) mass is 112 g/mol. The molecule has 0 aliphatic rings. The zero-order valence-electron chi connectivity index (χ0n) is 5.26. The standard InChI is InChI=1S/C7H12O/c1-3-5-7-8-6-4-2/h3-4,6H,1,5,7H2,2H3/b6-4+. The van der Waals surface area contributed by atoms with Crippen molar-refractivity contribution in [3.05, 3.63) is 25.0 Å². The molecule has 0 aliphatic heterocycles. The summed E-state index contributed by atoms with van der Waals surface area (Å²) >= 11 is 0. The van der Waals surface area contributed by atoms with E-state index >= 15 is 0 Å². The molecule has 1 heteroatoms. The van der Waals surface area contributed by atoms with Gasteiger partial charge in [0, 0.05) is 0 Å². The van der Waals surface area contributed by atoms with Crippen LogP contribution in [0.25, 0.3) is 0 Å². The maximum Gasteiger partial charge on any atom is 0.0907 e. The van der Waals surface area contributed by atoms with Crippen LogP contribution in [0.5, 0.6) is 0 Å². The molecule has 0 saturated heterocycles. The van der Waals surface area contributed by atoms with Gasteiger partial charge in [-0.1, -0.05) is 12.2 Å². The molecule has 0 bridgehead atoms. The molecular formula is C7H12O. The highest BCUT2D eigenvalue weighted by atomic mass is 16.5. The summed E-state index contributed by atoms with van der Waals surface area (Å²) in [6.07, 6.45) is 6.31. The first-order valence-electron chi connectivity index (χ1n) is 2.75. The molecule has 0 heterocycles. The van der Waals surface area contributed by atoms with E-state index in [0.717, 1.165) is 13.0 Å². The highest BCUT2D eigenvalue weighted by Gasteiger charge is 1.73. The van der Waals surface area contributed by atoms with Crippen LogP contribution >= 0.6 is 0 Å². The van der Waals surface area contributed by atoms with Gasteiger partial charge in [-0.25, -0.2) is 0 Å².